The molecule has 1 aromatic carbocycles. The lowest BCUT2D eigenvalue weighted by molar-refractivity contribution is 0.105. The predicted octanol–water partition coefficient (Wildman–Crippen LogP) is 3.07. The number of hydrogen-bond acceptors (Lipinski definition) is 2. The van der Waals surface area contributed by atoms with Gasteiger partial charge in [0.1, 0.15) is 0 Å². The van der Waals surface area contributed by atoms with Crippen molar-refractivity contribution < 1.29 is 5.11 Å². The van der Waals surface area contributed by atoms with Crippen molar-refractivity contribution in [3.05, 3.63) is 42.2 Å². The Balaban J connectivity index is 2.16. The molecule has 0 spiro atoms. The summed E-state index contributed by atoms with van der Waals surface area (Å²) in [5, 5.41) is 12.6. The van der Waals surface area contributed by atoms with E-state index in [9.17, 15) is 5.11 Å². The van der Waals surface area contributed by atoms with E-state index < -0.39 is 0 Å². The first-order valence-electron chi connectivity index (χ1n) is 5.71. The minimum absolute atomic E-state index is 0.0874. The Labute approximate surface area is 94.9 Å². The van der Waals surface area contributed by atoms with E-state index in [1.807, 2.05) is 24.4 Å². The SMILES string of the molecule is CC1(C(O)c2cccc3ccncc23)CC1. The molecule has 16 heavy (non-hydrogen) atoms. The van der Waals surface area contributed by atoms with Crippen molar-refractivity contribution in [3.8, 4) is 0 Å². The molecule has 1 N–H and O–H groups in total. The summed E-state index contributed by atoms with van der Waals surface area (Å²) in [6.07, 6.45) is 5.51. The molecule has 1 unspecified atom stereocenters. The molecule has 1 saturated carbocycles. The molecule has 0 radical (unpaired) electrons. The smallest absolute Gasteiger partial charge is 0.0850 e. The fourth-order valence-corrected chi connectivity index (χ4v) is 2.22. The first-order valence-corrected chi connectivity index (χ1v) is 5.71. The number of aliphatic hydroxyl groups excluding tert-OH is 1. The van der Waals surface area contributed by atoms with Crippen molar-refractivity contribution >= 4 is 10.8 Å². The Morgan fingerprint density at radius 3 is 2.88 bits per heavy atom. The van der Waals surface area contributed by atoms with Crippen LogP contribution in [0.2, 0.25) is 0 Å². The normalized spacial score (nSPS) is 19.6. The maximum absolute atomic E-state index is 10.4. The highest BCUT2D eigenvalue weighted by Gasteiger charge is 2.45. The third kappa shape index (κ3) is 1.41. The van der Waals surface area contributed by atoms with Gasteiger partial charge in [-0.1, -0.05) is 25.1 Å². The zero-order valence-corrected chi connectivity index (χ0v) is 9.35. The highest BCUT2D eigenvalue weighted by atomic mass is 16.3. The lowest BCUT2D eigenvalue weighted by Crippen LogP contribution is -2.10. The van der Waals surface area contributed by atoms with Gasteiger partial charge in [-0.25, -0.2) is 0 Å². The summed E-state index contributed by atoms with van der Waals surface area (Å²) in [6.45, 7) is 2.15. The van der Waals surface area contributed by atoms with Crippen LogP contribution in [0.3, 0.4) is 0 Å². The molecular formula is C14H15NO. The van der Waals surface area contributed by atoms with Gasteiger partial charge in [0, 0.05) is 17.8 Å². The number of benzene rings is 1. The van der Waals surface area contributed by atoms with E-state index in [1.165, 1.54) is 0 Å². The molecule has 2 nitrogen and oxygen atoms in total. The summed E-state index contributed by atoms with van der Waals surface area (Å²) in [5.74, 6) is 0. The van der Waals surface area contributed by atoms with Crippen LogP contribution in [-0.4, -0.2) is 10.1 Å². The number of fused-ring (bicyclic) bond motifs is 1. The fourth-order valence-electron chi connectivity index (χ4n) is 2.22. The summed E-state index contributed by atoms with van der Waals surface area (Å²) in [6, 6.07) is 8.06. The minimum atomic E-state index is -0.361. The van der Waals surface area contributed by atoms with E-state index in [0.29, 0.717) is 0 Å². The Hall–Kier alpha value is -1.41. The highest BCUT2D eigenvalue weighted by molar-refractivity contribution is 5.85. The molecule has 1 aliphatic carbocycles. The van der Waals surface area contributed by atoms with Gasteiger partial charge in [0.25, 0.3) is 0 Å². The maximum atomic E-state index is 10.4. The maximum Gasteiger partial charge on any atom is 0.0850 e. The van der Waals surface area contributed by atoms with E-state index in [2.05, 4.69) is 18.0 Å². The van der Waals surface area contributed by atoms with Gasteiger partial charge in [-0.15, -0.1) is 0 Å². The molecule has 1 fully saturated rings. The largest absolute Gasteiger partial charge is 0.388 e. The summed E-state index contributed by atoms with van der Waals surface area (Å²) < 4.78 is 0. The van der Waals surface area contributed by atoms with Crippen LogP contribution >= 0.6 is 0 Å². The third-order valence-electron chi connectivity index (χ3n) is 3.71. The van der Waals surface area contributed by atoms with Crippen LogP contribution in [0.15, 0.2) is 36.7 Å². The third-order valence-corrected chi connectivity index (χ3v) is 3.71. The minimum Gasteiger partial charge on any atom is -0.388 e. The second kappa shape index (κ2) is 3.29. The quantitative estimate of drug-likeness (QED) is 0.831. The van der Waals surface area contributed by atoms with Crippen LogP contribution in [0.1, 0.15) is 31.4 Å². The van der Waals surface area contributed by atoms with Crippen LogP contribution in [0, 0.1) is 5.41 Å². The Morgan fingerprint density at radius 2 is 2.12 bits per heavy atom. The van der Waals surface area contributed by atoms with Gasteiger partial charge in [-0.2, -0.15) is 0 Å². The fraction of sp³-hybridized carbons (Fsp3) is 0.357. The Morgan fingerprint density at radius 1 is 1.31 bits per heavy atom. The van der Waals surface area contributed by atoms with Crippen LogP contribution < -0.4 is 0 Å². The molecule has 3 rings (SSSR count). The van der Waals surface area contributed by atoms with Crippen LogP contribution in [0.4, 0.5) is 0 Å². The monoisotopic (exact) mass is 213 g/mol. The molecule has 1 atom stereocenters. The van der Waals surface area contributed by atoms with Gasteiger partial charge in [-0.05, 0) is 35.3 Å². The number of aromatic nitrogens is 1. The molecule has 1 heterocycles. The van der Waals surface area contributed by atoms with Crippen LogP contribution in [0.25, 0.3) is 10.8 Å². The van der Waals surface area contributed by atoms with E-state index in [1.54, 1.807) is 6.20 Å². The van der Waals surface area contributed by atoms with Crippen molar-refractivity contribution in [2.45, 2.75) is 25.9 Å². The average molecular weight is 213 g/mol. The molecule has 2 aromatic rings. The summed E-state index contributed by atoms with van der Waals surface area (Å²) in [7, 11) is 0. The number of pyridine rings is 1. The Bertz CT molecular complexity index is 526. The standard InChI is InChI=1S/C14H15NO/c1-14(6-7-14)13(16)11-4-2-3-10-5-8-15-9-12(10)11/h2-5,8-9,13,16H,6-7H2,1H3. The van der Waals surface area contributed by atoms with Gasteiger partial charge in [0.2, 0.25) is 0 Å². The van der Waals surface area contributed by atoms with E-state index >= 15 is 0 Å². The molecule has 0 bridgehead atoms. The molecule has 2 heteroatoms. The lowest BCUT2D eigenvalue weighted by Gasteiger charge is -2.19. The molecule has 0 saturated heterocycles. The van der Waals surface area contributed by atoms with Gasteiger partial charge in [0.05, 0.1) is 6.10 Å². The van der Waals surface area contributed by atoms with Crippen molar-refractivity contribution in [3.63, 3.8) is 0 Å². The van der Waals surface area contributed by atoms with Crippen molar-refractivity contribution in [1.29, 1.82) is 0 Å². The summed E-state index contributed by atoms with van der Waals surface area (Å²) in [4.78, 5) is 4.15. The van der Waals surface area contributed by atoms with Gasteiger partial charge >= 0.3 is 0 Å². The average Bonchev–Trinajstić information content (AvgIpc) is 3.07. The van der Waals surface area contributed by atoms with Crippen LogP contribution in [-0.2, 0) is 0 Å². The van der Waals surface area contributed by atoms with Crippen molar-refractivity contribution in [1.82, 2.24) is 4.98 Å². The van der Waals surface area contributed by atoms with Crippen LogP contribution in [0.5, 0.6) is 0 Å². The Kier molecular flexibility index (Phi) is 2.01. The highest BCUT2D eigenvalue weighted by Crippen LogP contribution is 2.55. The van der Waals surface area contributed by atoms with Gasteiger partial charge in [-0.3, -0.25) is 4.98 Å². The molecule has 82 valence electrons. The van der Waals surface area contributed by atoms with Gasteiger partial charge in [0.15, 0.2) is 0 Å². The molecule has 1 aliphatic rings. The second-order valence-electron chi connectivity index (χ2n) is 5.00. The van der Waals surface area contributed by atoms with E-state index in [-0.39, 0.29) is 11.5 Å². The molecular weight excluding hydrogens is 198 g/mol. The number of aliphatic hydroxyl groups is 1. The van der Waals surface area contributed by atoms with E-state index in [4.69, 9.17) is 0 Å². The number of nitrogens with zero attached hydrogens (tertiary/aromatic N) is 1. The first-order chi connectivity index (χ1) is 7.71. The number of hydrogen-bond donors (Lipinski definition) is 1. The molecule has 0 amide bonds. The second-order valence-corrected chi connectivity index (χ2v) is 5.00. The summed E-state index contributed by atoms with van der Waals surface area (Å²) >= 11 is 0. The number of rotatable bonds is 2. The topological polar surface area (TPSA) is 33.1 Å². The first kappa shape index (κ1) is 9.79. The summed E-state index contributed by atoms with van der Waals surface area (Å²) in [5.41, 5.74) is 1.11. The lowest BCUT2D eigenvalue weighted by atomic mass is 9.92. The zero-order chi connectivity index (χ0) is 11.2. The zero-order valence-electron chi connectivity index (χ0n) is 9.35. The molecule has 1 aromatic heterocycles. The van der Waals surface area contributed by atoms with E-state index in [0.717, 1.165) is 29.2 Å². The van der Waals surface area contributed by atoms with Crippen molar-refractivity contribution in [2.75, 3.05) is 0 Å². The molecule has 0 aliphatic heterocycles. The van der Waals surface area contributed by atoms with Gasteiger partial charge < -0.3 is 5.11 Å². The van der Waals surface area contributed by atoms with Crippen molar-refractivity contribution in [2.24, 2.45) is 5.41 Å². The predicted molar refractivity (Wildman–Crippen MR) is 64.0 cm³/mol.